The van der Waals surface area contributed by atoms with Crippen molar-refractivity contribution in [2.45, 2.75) is 59.2 Å². The molecule has 0 bridgehead atoms. The van der Waals surface area contributed by atoms with Gasteiger partial charge in [-0.15, -0.1) is 0 Å². The van der Waals surface area contributed by atoms with E-state index in [1.165, 1.54) is 5.56 Å². The van der Waals surface area contributed by atoms with E-state index >= 15 is 0 Å². The number of piperazine rings is 1. The van der Waals surface area contributed by atoms with E-state index in [0.717, 1.165) is 26.1 Å². The number of carbonyl (C=O) groups excluding carboxylic acids is 2. The molecule has 0 saturated carbocycles. The second kappa shape index (κ2) is 9.92. The fourth-order valence-corrected chi connectivity index (χ4v) is 3.28. The van der Waals surface area contributed by atoms with E-state index in [-0.39, 0.29) is 11.8 Å². The second-order valence-corrected chi connectivity index (χ2v) is 8.60. The number of benzene rings is 1. The van der Waals surface area contributed by atoms with Gasteiger partial charge in [-0.2, -0.15) is 0 Å². The lowest BCUT2D eigenvalue weighted by molar-refractivity contribution is -0.136. The molecule has 0 aliphatic carbocycles. The lowest BCUT2D eigenvalue weighted by Crippen LogP contribution is -2.57. The maximum Gasteiger partial charge on any atom is 0.408 e. The molecule has 0 aromatic heterocycles. The number of rotatable bonds is 6. The fourth-order valence-electron chi connectivity index (χ4n) is 3.28. The Morgan fingerprint density at radius 2 is 1.71 bits per heavy atom. The Morgan fingerprint density at radius 3 is 2.25 bits per heavy atom. The maximum absolute atomic E-state index is 13.1. The lowest BCUT2D eigenvalue weighted by atomic mass is 9.97. The molecule has 1 N–H and O–H groups in total. The summed E-state index contributed by atoms with van der Waals surface area (Å²) < 4.78 is 5.35. The van der Waals surface area contributed by atoms with Gasteiger partial charge in [-0.25, -0.2) is 4.79 Å². The van der Waals surface area contributed by atoms with Crippen LogP contribution in [0.1, 0.15) is 46.6 Å². The van der Waals surface area contributed by atoms with E-state index in [1.807, 2.05) is 57.7 Å². The minimum atomic E-state index is -0.587. The van der Waals surface area contributed by atoms with Crippen molar-refractivity contribution in [1.29, 1.82) is 0 Å². The molecule has 0 spiro atoms. The molecule has 1 aromatic carbocycles. The van der Waals surface area contributed by atoms with Crippen LogP contribution in [-0.4, -0.2) is 59.6 Å². The lowest BCUT2D eigenvalue weighted by Gasteiger charge is -2.37. The predicted molar refractivity (Wildman–Crippen MR) is 111 cm³/mol. The normalized spacial score (nSPS) is 17.7. The van der Waals surface area contributed by atoms with Gasteiger partial charge < -0.3 is 15.0 Å². The summed E-state index contributed by atoms with van der Waals surface area (Å²) in [5.74, 6) is 0.0296. The molecule has 2 unspecified atom stereocenters. The summed E-state index contributed by atoms with van der Waals surface area (Å²) >= 11 is 0. The molecule has 2 rings (SSSR count). The molecule has 6 nitrogen and oxygen atoms in total. The molecule has 1 saturated heterocycles. The van der Waals surface area contributed by atoms with Crippen LogP contribution in [0.3, 0.4) is 0 Å². The van der Waals surface area contributed by atoms with E-state index in [9.17, 15) is 9.59 Å². The number of alkyl carbamates (subject to hydrolysis) is 1. The highest BCUT2D eigenvalue weighted by Gasteiger charge is 2.33. The van der Waals surface area contributed by atoms with Crippen LogP contribution in [0.25, 0.3) is 0 Å². The SMILES string of the molecule is CCC(C)C(NC(=O)OC(C)(C)C)C(=O)N1CCN(Cc2ccccc2)CC1. The van der Waals surface area contributed by atoms with E-state index in [1.54, 1.807) is 0 Å². The van der Waals surface area contributed by atoms with Crippen LogP contribution in [0.2, 0.25) is 0 Å². The number of ether oxygens (including phenoxy) is 1. The monoisotopic (exact) mass is 389 g/mol. The van der Waals surface area contributed by atoms with Gasteiger partial charge in [0.15, 0.2) is 0 Å². The zero-order valence-corrected chi connectivity index (χ0v) is 17.9. The number of amides is 2. The van der Waals surface area contributed by atoms with E-state index in [4.69, 9.17) is 4.74 Å². The molecular weight excluding hydrogens is 354 g/mol. The Kier molecular flexibility index (Phi) is 7.87. The molecule has 2 amide bonds. The van der Waals surface area contributed by atoms with Gasteiger partial charge in [0.05, 0.1) is 0 Å². The van der Waals surface area contributed by atoms with Crippen LogP contribution in [0, 0.1) is 5.92 Å². The summed E-state index contributed by atoms with van der Waals surface area (Å²) in [5.41, 5.74) is 0.697. The minimum Gasteiger partial charge on any atom is -0.444 e. The third-order valence-corrected chi connectivity index (χ3v) is 5.08. The van der Waals surface area contributed by atoms with E-state index in [0.29, 0.717) is 13.1 Å². The van der Waals surface area contributed by atoms with E-state index in [2.05, 4.69) is 22.3 Å². The van der Waals surface area contributed by atoms with Crippen molar-refractivity contribution in [2.24, 2.45) is 5.92 Å². The van der Waals surface area contributed by atoms with Crippen LogP contribution in [-0.2, 0) is 16.1 Å². The van der Waals surface area contributed by atoms with Crippen LogP contribution in [0.5, 0.6) is 0 Å². The van der Waals surface area contributed by atoms with Crippen LogP contribution < -0.4 is 5.32 Å². The van der Waals surface area contributed by atoms with Gasteiger partial charge in [0.1, 0.15) is 11.6 Å². The van der Waals surface area contributed by atoms with Gasteiger partial charge in [0.2, 0.25) is 5.91 Å². The molecule has 1 fully saturated rings. The van der Waals surface area contributed by atoms with Crippen LogP contribution in [0.4, 0.5) is 4.79 Å². The van der Waals surface area contributed by atoms with Gasteiger partial charge in [-0.1, -0.05) is 50.6 Å². The van der Waals surface area contributed by atoms with Crippen LogP contribution in [0.15, 0.2) is 30.3 Å². The maximum atomic E-state index is 13.1. The molecule has 2 atom stereocenters. The summed E-state index contributed by atoms with van der Waals surface area (Å²) in [6.45, 7) is 13.4. The highest BCUT2D eigenvalue weighted by atomic mass is 16.6. The summed E-state index contributed by atoms with van der Waals surface area (Å²) in [7, 11) is 0. The number of nitrogens with zero attached hydrogens (tertiary/aromatic N) is 2. The molecule has 156 valence electrons. The smallest absolute Gasteiger partial charge is 0.408 e. The standard InChI is InChI=1S/C22H35N3O3/c1-6-17(2)19(23-21(27)28-22(3,4)5)20(26)25-14-12-24(13-15-25)16-18-10-8-7-9-11-18/h7-11,17,19H,6,12-16H2,1-5H3,(H,23,27). The zero-order chi connectivity index (χ0) is 20.7. The zero-order valence-electron chi connectivity index (χ0n) is 17.9. The summed E-state index contributed by atoms with van der Waals surface area (Å²) in [4.78, 5) is 29.6. The molecule has 6 heteroatoms. The molecule has 1 aliphatic heterocycles. The first-order valence-corrected chi connectivity index (χ1v) is 10.2. The Balaban J connectivity index is 1.92. The van der Waals surface area contributed by atoms with Crippen molar-refractivity contribution in [3.63, 3.8) is 0 Å². The van der Waals surface area contributed by atoms with Crippen LogP contribution >= 0.6 is 0 Å². The summed E-state index contributed by atoms with van der Waals surface area (Å²) in [5, 5.41) is 2.81. The molecule has 0 radical (unpaired) electrons. The average Bonchev–Trinajstić information content (AvgIpc) is 2.65. The fraction of sp³-hybridized carbons (Fsp3) is 0.636. The second-order valence-electron chi connectivity index (χ2n) is 8.60. The third-order valence-electron chi connectivity index (χ3n) is 5.08. The summed E-state index contributed by atoms with van der Waals surface area (Å²) in [6, 6.07) is 9.82. The highest BCUT2D eigenvalue weighted by molar-refractivity contribution is 5.86. The molecule has 1 aliphatic rings. The Morgan fingerprint density at radius 1 is 1.11 bits per heavy atom. The predicted octanol–water partition coefficient (Wildman–Crippen LogP) is 3.27. The van der Waals surface area contributed by atoms with Gasteiger partial charge in [0, 0.05) is 32.7 Å². The first kappa shape index (κ1) is 22.2. The number of nitrogens with one attached hydrogen (secondary N) is 1. The van der Waals surface area contributed by atoms with Crippen molar-refractivity contribution in [3.05, 3.63) is 35.9 Å². The van der Waals surface area contributed by atoms with Crippen molar-refractivity contribution in [3.8, 4) is 0 Å². The van der Waals surface area contributed by atoms with Gasteiger partial charge >= 0.3 is 6.09 Å². The first-order valence-electron chi connectivity index (χ1n) is 10.2. The number of hydrogen-bond donors (Lipinski definition) is 1. The number of hydrogen-bond acceptors (Lipinski definition) is 4. The van der Waals surface area contributed by atoms with Gasteiger partial charge in [-0.3, -0.25) is 9.69 Å². The van der Waals surface area contributed by atoms with Crippen molar-refractivity contribution in [1.82, 2.24) is 15.1 Å². The highest BCUT2D eigenvalue weighted by Crippen LogP contribution is 2.15. The quantitative estimate of drug-likeness (QED) is 0.811. The van der Waals surface area contributed by atoms with Gasteiger partial charge in [0.25, 0.3) is 0 Å². The summed E-state index contributed by atoms with van der Waals surface area (Å²) in [6.07, 6.45) is 0.272. The Bertz CT molecular complexity index is 634. The van der Waals surface area contributed by atoms with Crippen molar-refractivity contribution < 1.29 is 14.3 Å². The van der Waals surface area contributed by atoms with Gasteiger partial charge in [-0.05, 0) is 32.3 Å². The van der Waals surface area contributed by atoms with E-state index < -0.39 is 17.7 Å². The minimum absolute atomic E-state index is 0.0143. The topological polar surface area (TPSA) is 61.9 Å². The molecule has 1 heterocycles. The van der Waals surface area contributed by atoms with Crippen molar-refractivity contribution >= 4 is 12.0 Å². The third kappa shape index (κ3) is 6.82. The van der Waals surface area contributed by atoms with Crippen molar-refractivity contribution in [2.75, 3.05) is 26.2 Å². The molecule has 1 aromatic rings. The molecule has 28 heavy (non-hydrogen) atoms. The number of carbonyl (C=O) groups is 2. The first-order chi connectivity index (χ1) is 13.2. The Labute approximate surface area is 169 Å². The Hall–Kier alpha value is -2.08. The molecular formula is C22H35N3O3. The largest absolute Gasteiger partial charge is 0.444 e. The average molecular weight is 390 g/mol.